The molecule has 0 N–H and O–H groups in total. The largest absolute Gasteiger partial charge is 0.337 e. The Hall–Kier alpha value is -3.11. The standard InChI is InChI=1S/C21H19FN4O3S2/c1-31(28,29)17-6-3-15(4-7-17)20(27)26(11-2-10-25-12-9-23-14-25)21-24-18-8-5-16(22)13-19(18)30-21/h3-9,12-14H,2,10-11H2,1H3. The summed E-state index contributed by atoms with van der Waals surface area (Å²) in [5.74, 6) is -0.665. The summed E-state index contributed by atoms with van der Waals surface area (Å²) in [6.07, 6.45) is 7.00. The van der Waals surface area contributed by atoms with E-state index in [9.17, 15) is 17.6 Å². The highest BCUT2D eigenvalue weighted by Crippen LogP contribution is 2.30. The third kappa shape index (κ3) is 4.80. The second-order valence-corrected chi connectivity index (χ2v) is 10.0. The zero-order valence-corrected chi connectivity index (χ0v) is 18.2. The minimum Gasteiger partial charge on any atom is -0.337 e. The van der Waals surface area contributed by atoms with E-state index in [2.05, 4.69) is 9.97 Å². The number of hydrogen-bond acceptors (Lipinski definition) is 6. The number of aromatic nitrogens is 3. The quantitative estimate of drug-likeness (QED) is 0.421. The Morgan fingerprint density at radius 3 is 2.65 bits per heavy atom. The van der Waals surface area contributed by atoms with Crippen LogP contribution in [0.5, 0.6) is 0 Å². The lowest BCUT2D eigenvalue weighted by molar-refractivity contribution is 0.0986. The van der Waals surface area contributed by atoms with Crippen LogP contribution in [0.1, 0.15) is 16.8 Å². The third-order valence-electron chi connectivity index (χ3n) is 4.70. The fraction of sp³-hybridized carbons (Fsp3) is 0.190. The van der Waals surface area contributed by atoms with Crippen molar-refractivity contribution in [1.82, 2.24) is 14.5 Å². The van der Waals surface area contributed by atoms with Gasteiger partial charge in [0.2, 0.25) is 0 Å². The van der Waals surface area contributed by atoms with Gasteiger partial charge in [0.1, 0.15) is 5.82 Å². The van der Waals surface area contributed by atoms with Gasteiger partial charge in [-0.3, -0.25) is 9.69 Å². The molecular weight excluding hydrogens is 439 g/mol. The normalized spacial score (nSPS) is 11.7. The zero-order chi connectivity index (χ0) is 22.0. The smallest absolute Gasteiger partial charge is 0.260 e. The van der Waals surface area contributed by atoms with Gasteiger partial charge in [0.15, 0.2) is 15.0 Å². The Kier molecular flexibility index (Phi) is 5.84. The van der Waals surface area contributed by atoms with Crippen molar-refractivity contribution in [1.29, 1.82) is 0 Å². The molecule has 0 bridgehead atoms. The van der Waals surface area contributed by atoms with Gasteiger partial charge in [0, 0.05) is 37.3 Å². The van der Waals surface area contributed by atoms with Gasteiger partial charge in [-0.25, -0.2) is 22.8 Å². The summed E-state index contributed by atoms with van der Waals surface area (Å²) in [7, 11) is -3.36. The van der Waals surface area contributed by atoms with E-state index in [1.165, 1.54) is 47.7 Å². The lowest BCUT2D eigenvalue weighted by atomic mass is 10.2. The molecule has 2 heterocycles. The predicted octanol–water partition coefficient (Wildman–Crippen LogP) is 3.77. The highest BCUT2D eigenvalue weighted by atomic mass is 32.2. The molecule has 0 unspecified atom stereocenters. The third-order valence-corrected chi connectivity index (χ3v) is 6.87. The van der Waals surface area contributed by atoms with Crippen molar-refractivity contribution in [3.8, 4) is 0 Å². The highest BCUT2D eigenvalue weighted by Gasteiger charge is 2.22. The molecule has 0 aliphatic heterocycles. The molecule has 0 radical (unpaired) electrons. The second kappa shape index (κ2) is 8.56. The van der Waals surface area contributed by atoms with Crippen LogP contribution in [0.15, 0.2) is 66.1 Å². The Bertz CT molecular complexity index is 1320. The molecule has 160 valence electrons. The molecule has 0 saturated carbocycles. The number of anilines is 1. The number of halogens is 1. The molecular formula is C21H19FN4O3S2. The summed E-state index contributed by atoms with van der Waals surface area (Å²) in [4.78, 5) is 23.5. The molecule has 31 heavy (non-hydrogen) atoms. The molecule has 7 nitrogen and oxygen atoms in total. The average molecular weight is 459 g/mol. The number of nitrogens with zero attached hydrogens (tertiary/aromatic N) is 4. The number of aryl methyl sites for hydroxylation is 1. The first kappa shape index (κ1) is 21.1. The monoisotopic (exact) mass is 458 g/mol. The van der Waals surface area contributed by atoms with Gasteiger partial charge in [-0.15, -0.1) is 0 Å². The molecule has 10 heteroatoms. The van der Waals surface area contributed by atoms with Gasteiger partial charge in [0.25, 0.3) is 5.91 Å². The van der Waals surface area contributed by atoms with Crippen LogP contribution in [0.4, 0.5) is 9.52 Å². The predicted molar refractivity (Wildman–Crippen MR) is 118 cm³/mol. The van der Waals surface area contributed by atoms with Gasteiger partial charge >= 0.3 is 0 Å². The SMILES string of the molecule is CS(=O)(=O)c1ccc(C(=O)N(CCCn2ccnc2)c2nc3ccc(F)cc3s2)cc1. The number of hydrogen-bond donors (Lipinski definition) is 0. The molecule has 2 aromatic carbocycles. The number of thiazole rings is 1. The van der Waals surface area contributed by atoms with Gasteiger partial charge in [-0.1, -0.05) is 11.3 Å². The molecule has 0 spiro atoms. The number of amides is 1. The maximum absolute atomic E-state index is 13.6. The van der Waals surface area contributed by atoms with Crippen LogP contribution in [0, 0.1) is 5.82 Å². The van der Waals surface area contributed by atoms with Crippen LogP contribution in [0.3, 0.4) is 0 Å². The van der Waals surface area contributed by atoms with Gasteiger partial charge < -0.3 is 4.57 Å². The molecule has 0 saturated heterocycles. The number of fused-ring (bicyclic) bond motifs is 1. The molecule has 4 aromatic rings. The van der Waals surface area contributed by atoms with E-state index in [0.717, 1.165) is 6.26 Å². The number of sulfone groups is 1. The first-order chi connectivity index (χ1) is 14.8. The van der Waals surface area contributed by atoms with Crippen molar-refractivity contribution in [2.24, 2.45) is 0 Å². The summed E-state index contributed by atoms with van der Waals surface area (Å²) >= 11 is 1.24. The Morgan fingerprint density at radius 2 is 1.97 bits per heavy atom. The summed E-state index contributed by atoms with van der Waals surface area (Å²) < 4.78 is 39.6. The maximum atomic E-state index is 13.6. The fourth-order valence-electron chi connectivity index (χ4n) is 3.12. The molecule has 0 fully saturated rings. The van der Waals surface area contributed by atoms with Crippen molar-refractivity contribution < 1.29 is 17.6 Å². The van der Waals surface area contributed by atoms with E-state index in [1.54, 1.807) is 23.5 Å². The van der Waals surface area contributed by atoms with Crippen molar-refractivity contribution in [3.05, 3.63) is 72.6 Å². The van der Waals surface area contributed by atoms with Gasteiger partial charge in [0.05, 0.1) is 21.4 Å². The van der Waals surface area contributed by atoms with Crippen LogP contribution in [0.25, 0.3) is 10.2 Å². The van der Waals surface area contributed by atoms with Crippen molar-refractivity contribution in [2.45, 2.75) is 17.9 Å². The summed E-state index contributed by atoms with van der Waals surface area (Å²) in [6, 6.07) is 10.1. The summed E-state index contributed by atoms with van der Waals surface area (Å²) in [6.45, 7) is 1.05. The Morgan fingerprint density at radius 1 is 1.19 bits per heavy atom. The van der Waals surface area contributed by atoms with Crippen LogP contribution in [0.2, 0.25) is 0 Å². The number of imidazole rings is 1. The van der Waals surface area contributed by atoms with E-state index in [-0.39, 0.29) is 16.6 Å². The van der Waals surface area contributed by atoms with Crippen LogP contribution >= 0.6 is 11.3 Å². The topological polar surface area (TPSA) is 85.2 Å². The second-order valence-electron chi connectivity index (χ2n) is 7.02. The summed E-state index contributed by atoms with van der Waals surface area (Å²) in [5, 5.41) is 0.462. The molecule has 0 aliphatic carbocycles. The van der Waals surface area contributed by atoms with Crippen molar-refractivity contribution >= 4 is 42.4 Å². The summed E-state index contributed by atoms with van der Waals surface area (Å²) in [5.41, 5.74) is 0.960. The van der Waals surface area contributed by atoms with Gasteiger partial charge in [-0.2, -0.15) is 0 Å². The van der Waals surface area contributed by atoms with Gasteiger partial charge in [-0.05, 0) is 48.9 Å². The molecule has 2 aromatic heterocycles. The number of rotatable bonds is 7. The Labute approximate surface area is 182 Å². The minimum atomic E-state index is -3.36. The first-order valence-electron chi connectivity index (χ1n) is 9.45. The Balaban J connectivity index is 1.63. The molecule has 4 rings (SSSR count). The molecule has 0 atom stereocenters. The molecule has 1 amide bonds. The molecule has 0 aliphatic rings. The van der Waals surface area contributed by atoms with Crippen molar-refractivity contribution in [2.75, 3.05) is 17.7 Å². The minimum absolute atomic E-state index is 0.145. The van der Waals surface area contributed by atoms with Crippen molar-refractivity contribution in [3.63, 3.8) is 0 Å². The number of carbonyl (C=O) groups is 1. The average Bonchev–Trinajstić information content (AvgIpc) is 3.39. The van der Waals surface area contributed by atoms with E-state index in [0.29, 0.717) is 40.4 Å². The number of carbonyl (C=O) groups excluding carboxylic acids is 1. The number of benzene rings is 2. The van der Waals surface area contributed by atoms with Crippen LogP contribution in [-0.2, 0) is 16.4 Å². The zero-order valence-electron chi connectivity index (χ0n) is 16.6. The highest BCUT2D eigenvalue weighted by molar-refractivity contribution is 7.90. The van der Waals surface area contributed by atoms with E-state index in [1.807, 2.05) is 10.8 Å². The van der Waals surface area contributed by atoms with Crippen LogP contribution in [-0.4, -0.2) is 41.7 Å². The van der Waals surface area contributed by atoms with E-state index >= 15 is 0 Å². The maximum Gasteiger partial charge on any atom is 0.260 e. The van der Waals surface area contributed by atoms with E-state index in [4.69, 9.17) is 0 Å². The first-order valence-corrected chi connectivity index (χ1v) is 12.2. The fourth-order valence-corrected chi connectivity index (χ4v) is 4.76. The lowest BCUT2D eigenvalue weighted by Crippen LogP contribution is -2.32. The lowest BCUT2D eigenvalue weighted by Gasteiger charge is -2.20. The van der Waals surface area contributed by atoms with E-state index < -0.39 is 9.84 Å². The van der Waals surface area contributed by atoms with Crippen LogP contribution < -0.4 is 4.90 Å².